The van der Waals surface area contributed by atoms with Gasteiger partial charge in [-0.25, -0.2) is 4.79 Å². The van der Waals surface area contributed by atoms with Crippen LogP contribution in [0, 0.1) is 0 Å². The molecular formula is C20H20O10. The van der Waals surface area contributed by atoms with Crippen molar-refractivity contribution >= 4 is 28.9 Å². The Morgan fingerprint density at radius 1 is 0.900 bits per heavy atom. The molecule has 10 nitrogen and oxygen atoms in total. The lowest BCUT2D eigenvalue weighted by molar-refractivity contribution is -0.259. The Hall–Kier alpha value is -3.40. The first-order chi connectivity index (χ1) is 14.2. The van der Waals surface area contributed by atoms with Crippen LogP contribution in [0.25, 0.3) is 11.0 Å². The van der Waals surface area contributed by atoms with Gasteiger partial charge in [0.25, 0.3) is 0 Å². The van der Waals surface area contributed by atoms with Gasteiger partial charge in [0.2, 0.25) is 12.4 Å². The molecule has 3 rings (SSSR count). The third kappa shape index (κ3) is 5.15. The zero-order chi connectivity index (χ0) is 21.8. The summed E-state index contributed by atoms with van der Waals surface area (Å²) in [7, 11) is 0. The predicted octanol–water partition coefficient (Wildman–Crippen LogP) is 1.32. The highest BCUT2D eigenvalue weighted by atomic mass is 16.7. The fourth-order valence-electron chi connectivity index (χ4n) is 3.06. The standard InChI is InChI=1S/C20H20O10/c1-10(21)26-16-9-25-20(19(28-12(3)23)18(16)27-11(2)22)29-14-6-4-13-5-7-17(24)30-15(13)8-14/h4-8,16,18-20H,9H2,1-3H3. The molecule has 160 valence electrons. The van der Waals surface area contributed by atoms with E-state index in [4.69, 9.17) is 28.1 Å². The van der Waals surface area contributed by atoms with Crippen molar-refractivity contribution < 1.29 is 42.5 Å². The van der Waals surface area contributed by atoms with Crippen molar-refractivity contribution in [1.82, 2.24) is 0 Å². The average Bonchev–Trinajstić information content (AvgIpc) is 2.65. The molecule has 2 aromatic rings. The molecule has 4 atom stereocenters. The number of esters is 3. The summed E-state index contributed by atoms with van der Waals surface area (Å²) in [6.45, 7) is 3.37. The number of fused-ring (bicyclic) bond motifs is 1. The second kappa shape index (κ2) is 8.95. The van der Waals surface area contributed by atoms with Gasteiger partial charge in [-0.05, 0) is 18.2 Å². The summed E-state index contributed by atoms with van der Waals surface area (Å²) < 4.78 is 32.2. The Bertz CT molecular complexity index is 1010. The number of carbonyl (C=O) groups is 3. The van der Waals surface area contributed by atoms with Gasteiger partial charge in [0.05, 0.1) is 6.61 Å². The van der Waals surface area contributed by atoms with Crippen LogP contribution in [0.5, 0.6) is 5.75 Å². The molecule has 4 unspecified atom stereocenters. The van der Waals surface area contributed by atoms with Crippen LogP contribution in [0.15, 0.2) is 39.5 Å². The van der Waals surface area contributed by atoms with Crippen molar-refractivity contribution in [3.05, 3.63) is 40.8 Å². The number of hydrogen-bond acceptors (Lipinski definition) is 10. The van der Waals surface area contributed by atoms with Crippen molar-refractivity contribution in [3.8, 4) is 5.75 Å². The van der Waals surface area contributed by atoms with Gasteiger partial charge in [0.1, 0.15) is 11.3 Å². The second-order valence-electron chi connectivity index (χ2n) is 6.57. The summed E-state index contributed by atoms with van der Waals surface area (Å²) in [6.07, 6.45) is -4.54. The molecule has 0 spiro atoms. The van der Waals surface area contributed by atoms with E-state index < -0.39 is 48.1 Å². The summed E-state index contributed by atoms with van der Waals surface area (Å²) in [5.41, 5.74) is -0.236. The van der Waals surface area contributed by atoms with Crippen LogP contribution in [-0.2, 0) is 33.3 Å². The Morgan fingerprint density at radius 2 is 1.53 bits per heavy atom. The maximum Gasteiger partial charge on any atom is 0.336 e. The van der Waals surface area contributed by atoms with Crippen molar-refractivity contribution in [2.24, 2.45) is 0 Å². The van der Waals surface area contributed by atoms with Gasteiger partial charge in [-0.1, -0.05) is 0 Å². The van der Waals surface area contributed by atoms with Crippen LogP contribution in [-0.4, -0.2) is 49.1 Å². The third-order valence-electron chi connectivity index (χ3n) is 4.15. The molecule has 1 saturated heterocycles. The number of rotatable bonds is 5. The molecule has 1 aromatic heterocycles. The van der Waals surface area contributed by atoms with E-state index in [1.54, 1.807) is 18.2 Å². The molecule has 30 heavy (non-hydrogen) atoms. The molecule has 10 heteroatoms. The fraction of sp³-hybridized carbons (Fsp3) is 0.400. The van der Waals surface area contributed by atoms with E-state index in [0.717, 1.165) is 0 Å². The Morgan fingerprint density at radius 3 is 2.20 bits per heavy atom. The second-order valence-corrected chi connectivity index (χ2v) is 6.57. The minimum atomic E-state index is -1.22. The molecule has 0 saturated carbocycles. The van der Waals surface area contributed by atoms with E-state index in [9.17, 15) is 19.2 Å². The minimum absolute atomic E-state index is 0.164. The number of benzene rings is 1. The average molecular weight is 420 g/mol. The van der Waals surface area contributed by atoms with E-state index >= 15 is 0 Å². The largest absolute Gasteiger partial charge is 0.461 e. The maximum absolute atomic E-state index is 11.7. The maximum atomic E-state index is 11.7. The van der Waals surface area contributed by atoms with Crippen molar-refractivity contribution in [1.29, 1.82) is 0 Å². The molecule has 0 bridgehead atoms. The molecule has 0 aliphatic carbocycles. The number of carbonyl (C=O) groups excluding carboxylic acids is 3. The van der Waals surface area contributed by atoms with Gasteiger partial charge in [0, 0.05) is 38.3 Å². The van der Waals surface area contributed by atoms with Crippen LogP contribution in [0.4, 0.5) is 0 Å². The minimum Gasteiger partial charge on any atom is -0.461 e. The van der Waals surface area contributed by atoms with Crippen LogP contribution >= 0.6 is 0 Å². The molecule has 1 aliphatic rings. The Labute approximate surface area is 170 Å². The molecule has 0 amide bonds. The van der Waals surface area contributed by atoms with Crippen LogP contribution in [0.1, 0.15) is 20.8 Å². The summed E-state index contributed by atoms with van der Waals surface area (Å²) in [5.74, 6) is -1.71. The molecule has 1 fully saturated rings. The highest BCUT2D eigenvalue weighted by Crippen LogP contribution is 2.28. The first kappa shape index (κ1) is 21.3. The van der Waals surface area contributed by atoms with E-state index in [0.29, 0.717) is 5.39 Å². The number of hydrogen-bond donors (Lipinski definition) is 0. The Balaban J connectivity index is 1.89. The van der Waals surface area contributed by atoms with Crippen LogP contribution in [0.3, 0.4) is 0 Å². The molecule has 2 heterocycles. The van der Waals surface area contributed by atoms with E-state index in [1.165, 1.54) is 32.9 Å². The SMILES string of the molecule is CC(=O)OC1COC(Oc2ccc3ccc(=O)oc3c2)C(OC(C)=O)C1OC(C)=O. The zero-order valence-electron chi connectivity index (χ0n) is 16.5. The van der Waals surface area contributed by atoms with Crippen molar-refractivity contribution in [3.63, 3.8) is 0 Å². The summed E-state index contributed by atoms with van der Waals surface area (Å²) in [5, 5.41) is 0.677. The van der Waals surface area contributed by atoms with Gasteiger partial charge in [-0.15, -0.1) is 0 Å². The van der Waals surface area contributed by atoms with Crippen LogP contribution < -0.4 is 10.4 Å². The highest BCUT2D eigenvalue weighted by molar-refractivity contribution is 5.77. The topological polar surface area (TPSA) is 128 Å². The van der Waals surface area contributed by atoms with E-state index in [1.807, 2.05) is 0 Å². The van der Waals surface area contributed by atoms with Gasteiger partial charge in [-0.3, -0.25) is 14.4 Å². The molecule has 1 aromatic carbocycles. The lowest BCUT2D eigenvalue weighted by Gasteiger charge is -2.40. The summed E-state index contributed by atoms with van der Waals surface area (Å²) >= 11 is 0. The molecular weight excluding hydrogens is 400 g/mol. The van der Waals surface area contributed by atoms with E-state index in [2.05, 4.69) is 0 Å². The van der Waals surface area contributed by atoms with Gasteiger partial charge >= 0.3 is 23.5 Å². The molecule has 1 aliphatic heterocycles. The lowest BCUT2D eigenvalue weighted by atomic mass is 10.0. The molecule has 0 radical (unpaired) electrons. The number of ether oxygens (including phenoxy) is 5. The van der Waals surface area contributed by atoms with E-state index in [-0.39, 0.29) is 17.9 Å². The first-order valence-electron chi connectivity index (χ1n) is 9.07. The fourth-order valence-corrected chi connectivity index (χ4v) is 3.06. The highest BCUT2D eigenvalue weighted by Gasteiger charge is 2.48. The monoisotopic (exact) mass is 420 g/mol. The third-order valence-corrected chi connectivity index (χ3v) is 4.15. The predicted molar refractivity (Wildman–Crippen MR) is 99.5 cm³/mol. The van der Waals surface area contributed by atoms with Crippen LogP contribution in [0.2, 0.25) is 0 Å². The summed E-state index contributed by atoms with van der Waals surface area (Å²) in [4.78, 5) is 46.1. The Kier molecular flexibility index (Phi) is 6.36. The van der Waals surface area contributed by atoms with Gasteiger partial charge in [0.15, 0.2) is 12.2 Å². The van der Waals surface area contributed by atoms with Crippen molar-refractivity contribution in [2.75, 3.05) is 6.61 Å². The normalized spacial score (nSPS) is 23.4. The first-order valence-corrected chi connectivity index (χ1v) is 9.07. The van der Waals surface area contributed by atoms with Crippen molar-refractivity contribution in [2.45, 2.75) is 45.4 Å². The van der Waals surface area contributed by atoms with Gasteiger partial charge < -0.3 is 28.1 Å². The zero-order valence-corrected chi connectivity index (χ0v) is 16.5. The molecule has 0 N–H and O–H groups in total. The lowest BCUT2D eigenvalue weighted by Crippen LogP contribution is -2.59. The smallest absolute Gasteiger partial charge is 0.336 e. The van der Waals surface area contributed by atoms with Gasteiger partial charge in [-0.2, -0.15) is 0 Å². The summed E-state index contributed by atoms with van der Waals surface area (Å²) in [6, 6.07) is 7.65. The quantitative estimate of drug-likeness (QED) is 0.397.